The van der Waals surface area contributed by atoms with Gasteiger partial charge < -0.3 is 10.1 Å². The molecule has 0 fully saturated rings. The van der Waals surface area contributed by atoms with E-state index in [2.05, 4.69) is 10.4 Å². The van der Waals surface area contributed by atoms with Crippen LogP contribution >= 0.6 is 0 Å². The molecule has 1 amide bonds. The number of amides is 1. The first-order valence-corrected chi connectivity index (χ1v) is 8.17. The van der Waals surface area contributed by atoms with Gasteiger partial charge in [0.15, 0.2) is 0 Å². The summed E-state index contributed by atoms with van der Waals surface area (Å²) in [5.74, 6) is -0.131. The summed E-state index contributed by atoms with van der Waals surface area (Å²) in [6.07, 6.45) is 3.26. The lowest BCUT2D eigenvalue weighted by Gasteiger charge is -2.11. The van der Waals surface area contributed by atoms with Crippen molar-refractivity contribution in [3.8, 4) is 0 Å². The van der Waals surface area contributed by atoms with Crippen molar-refractivity contribution < 1.29 is 9.53 Å². The summed E-state index contributed by atoms with van der Waals surface area (Å²) in [5.41, 5.74) is 3.82. The third-order valence-corrected chi connectivity index (χ3v) is 3.89. The summed E-state index contributed by atoms with van der Waals surface area (Å²) in [5, 5.41) is 6.94. The SMILES string of the molecule is Cn1cc(C(=O)NCc2ccccc2COCc2ccccc2)cn1. The van der Waals surface area contributed by atoms with Crippen LogP contribution in [0.25, 0.3) is 0 Å². The Kier molecular flexibility index (Phi) is 5.59. The Morgan fingerprint density at radius 1 is 1.04 bits per heavy atom. The van der Waals surface area contributed by atoms with E-state index in [0.717, 1.165) is 16.7 Å². The zero-order valence-electron chi connectivity index (χ0n) is 14.2. The maximum absolute atomic E-state index is 12.1. The summed E-state index contributed by atoms with van der Waals surface area (Å²) in [6, 6.07) is 18.0. The highest BCUT2D eigenvalue weighted by Gasteiger charge is 2.09. The number of hydrogen-bond donors (Lipinski definition) is 1. The molecule has 1 N–H and O–H groups in total. The molecule has 1 aromatic heterocycles. The van der Waals surface area contributed by atoms with E-state index in [0.29, 0.717) is 25.3 Å². The highest BCUT2D eigenvalue weighted by Crippen LogP contribution is 2.12. The van der Waals surface area contributed by atoms with Gasteiger partial charge >= 0.3 is 0 Å². The third-order valence-electron chi connectivity index (χ3n) is 3.89. The van der Waals surface area contributed by atoms with Crippen molar-refractivity contribution in [3.05, 3.63) is 89.2 Å². The molecule has 0 radical (unpaired) electrons. The molecule has 0 unspecified atom stereocenters. The molecule has 0 aliphatic heterocycles. The van der Waals surface area contributed by atoms with Crippen LogP contribution in [0, 0.1) is 0 Å². The molecule has 5 nitrogen and oxygen atoms in total. The van der Waals surface area contributed by atoms with E-state index >= 15 is 0 Å². The molecule has 0 atom stereocenters. The maximum atomic E-state index is 12.1. The molecule has 5 heteroatoms. The van der Waals surface area contributed by atoms with Crippen molar-refractivity contribution in [2.24, 2.45) is 7.05 Å². The number of nitrogens with one attached hydrogen (secondary N) is 1. The number of rotatable bonds is 7. The van der Waals surface area contributed by atoms with Crippen molar-refractivity contribution in [1.82, 2.24) is 15.1 Å². The molecule has 0 bridgehead atoms. The van der Waals surface area contributed by atoms with Gasteiger partial charge in [0.05, 0.1) is 25.0 Å². The van der Waals surface area contributed by atoms with Gasteiger partial charge in [0, 0.05) is 19.8 Å². The largest absolute Gasteiger partial charge is 0.372 e. The minimum atomic E-state index is -0.131. The van der Waals surface area contributed by atoms with Crippen molar-refractivity contribution in [3.63, 3.8) is 0 Å². The summed E-state index contributed by atoms with van der Waals surface area (Å²) in [6.45, 7) is 1.53. The predicted octanol–water partition coefficient (Wildman–Crippen LogP) is 3.07. The monoisotopic (exact) mass is 335 g/mol. The molecule has 0 saturated heterocycles. The Morgan fingerprint density at radius 2 is 1.76 bits per heavy atom. The number of carbonyl (C=O) groups is 1. The van der Waals surface area contributed by atoms with Gasteiger partial charge in [-0.2, -0.15) is 5.10 Å². The van der Waals surface area contributed by atoms with Crippen molar-refractivity contribution in [2.45, 2.75) is 19.8 Å². The molecular weight excluding hydrogens is 314 g/mol. The van der Waals surface area contributed by atoms with Crippen LogP contribution in [-0.4, -0.2) is 15.7 Å². The lowest BCUT2D eigenvalue weighted by atomic mass is 10.1. The zero-order chi connectivity index (χ0) is 17.5. The van der Waals surface area contributed by atoms with Crippen LogP contribution in [0.15, 0.2) is 67.0 Å². The van der Waals surface area contributed by atoms with Gasteiger partial charge in [0.1, 0.15) is 0 Å². The lowest BCUT2D eigenvalue weighted by molar-refractivity contribution is 0.0947. The molecule has 3 rings (SSSR count). The molecule has 0 spiro atoms. The van der Waals surface area contributed by atoms with E-state index < -0.39 is 0 Å². The zero-order valence-corrected chi connectivity index (χ0v) is 14.2. The van der Waals surface area contributed by atoms with Gasteiger partial charge in [-0.25, -0.2) is 0 Å². The van der Waals surface area contributed by atoms with Gasteiger partial charge in [-0.1, -0.05) is 54.6 Å². The average molecular weight is 335 g/mol. The second kappa shape index (κ2) is 8.26. The number of aromatic nitrogens is 2. The molecular formula is C20H21N3O2. The number of carbonyl (C=O) groups excluding carboxylic acids is 1. The van der Waals surface area contributed by atoms with Crippen molar-refractivity contribution >= 4 is 5.91 Å². The quantitative estimate of drug-likeness (QED) is 0.722. The Morgan fingerprint density at radius 3 is 2.48 bits per heavy atom. The number of benzene rings is 2. The highest BCUT2D eigenvalue weighted by molar-refractivity contribution is 5.93. The Balaban J connectivity index is 1.56. The van der Waals surface area contributed by atoms with Crippen LogP contribution in [0.1, 0.15) is 27.0 Å². The molecule has 25 heavy (non-hydrogen) atoms. The smallest absolute Gasteiger partial charge is 0.254 e. The Bertz CT molecular complexity index is 828. The van der Waals surface area contributed by atoms with Gasteiger partial charge in [0.2, 0.25) is 0 Å². The molecule has 0 aliphatic rings. The fourth-order valence-corrected chi connectivity index (χ4v) is 2.54. The molecule has 128 valence electrons. The average Bonchev–Trinajstić information content (AvgIpc) is 3.08. The number of aryl methyl sites for hydroxylation is 1. The van der Waals surface area contributed by atoms with Crippen LogP contribution in [0.4, 0.5) is 0 Å². The summed E-state index contributed by atoms with van der Waals surface area (Å²) >= 11 is 0. The topological polar surface area (TPSA) is 56.2 Å². The van der Waals surface area contributed by atoms with Gasteiger partial charge in [-0.3, -0.25) is 9.48 Å². The van der Waals surface area contributed by atoms with Gasteiger partial charge in [0.25, 0.3) is 5.91 Å². The number of nitrogens with zero attached hydrogens (tertiary/aromatic N) is 2. The summed E-state index contributed by atoms with van der Waals surface area (Å²) in [4.78, 5) is 12.1. The second-order valence-electron chi connectivity index (χ2n) is 5.83. The highest BCUT2D eigenvalue weighted by atomic mass is 16.5. The van der Waals surface area contributed by atoms with Crippen molar-refractivity contribution in [2.75, 3.05) is 0 Å². The molecule has 0 saturated carbocycles. The first-order chi connectivity index (χ1) is 12.2. The fraction of sp³-hybridized carbons (Fsp3) is 0.200. The third kappa shape index (κ3) is 4.78. The Hall–Kier alpha value is -2.92. The molecule has 1 heterocycles. The van der Waals surface area contributed by atoms with Crippen molar-refractivity contribution in [1.29, 1.82) is 0 Å². The second-order valence-corrected chi connectivity index (χ2v) is 5.83. The predicted molar refractivity (Wildman–Crippen MR) is 95.8 cm³/mol. The first-order valence-electron chi connectivity index (χ1n) is 8.17. The van der Waals surface area contributed by atoms with E-state index in [-0.39, 0.29) is 5.91 Å². The van der Waals surface area contributed by atoms with Crippen LogP contribution < -0.4 is 5.32 Å². The summed E-state index contributed by atoms with van der Waals surface area (Å²) < 4.78 is 7.43. The minimum absolute atomic E-state index is 0.131. The van der Waals surface area contributed by atoms with E-state index in [1.165, 1.54) is 0 Å². The van der Waals surface area contributed by atoms with E-state index in [4.69, 9.17) is 4.74 Å². The normalized spacial score (nSPS) is 10.6. The Labute approximate surface area is 147 Å². The molecule has 3 aromatic rings. The van der Waals surface area contributed by atoms with Crippen LogP contribution in [0.5, 0.6) is 0 Å². The molecule has 2 aromatic carbocycles. The van der Waals surface area contributed by atoms with Crippen LogP contribution in [0.2, 0.25) is 0 Å². The van der Waals surface area contributed by atoms with Crippen LogP contribution in [-0.2, 0) is 31.5 Å². The number of ether oxygens (including phenoxy) is 1. The maximum Gasteiger partial charge on any atom is 0.254 e. The lowest BCUT2D eigenvalue weighted by Crippen LogP contribution is -2.23. The van der Waals surface area contributed by atoms with E-state index in [9.17, 15) is 4.79 Å². The fourth-order valence-electron chi connectivity index (χ4n) is 2.54. The van der Waals surface area contributed by atoms with Gasteiger partial charge in [-0.15, -0.1) is 0 Å². The van der Waals surface area contributed by atoms with Crippen LogP contribution in [0.3, 0.4) is 0 Å². The van der Waals surface area contributed by atoms with E-state index in [1.807, 2.05) is 54.6 Å². The summed E-state index contributed by atoms with van der Waals surface area (Å²) in [7, 11) is 1.79. The molecule has 0 aliphatic carbocycles. The van der Waals surface area contributed by atoms with Gasteiger partial charge in [-0.05, 0) is 16.7 Å². The first kappa shape index (κ1) is 16.9. The van der Waals surface area contributed by atoms with E-state index in [1.54, 1.807) is 24.1 Å². The minimum Gasteiger partial charge on any atom is -0.372 e. The standard InChI is InChI=1S/C20H21N3O2/c1-23-13-19(12-22-23)20(24)21-11-17-9-5-6-10-18(17)15-25-14-16-7-3-2-4-8-16/h2-10,12-13H,11,14-15H2,1H3,(H,21,24). The number of hydrogen-bond acceptors (Lipinski definition) is 3.